The van der Waals surface area contributed by atoms with Crippen LogP contribution in [0.4, 0.5) is 5.13 Å². The number of halogens is 1. The summed E-state index contributed by atoms with van der Waals surface area (Å²) in [6.45, 7) is 0. The standard InChI is InChI=1S/C17H12IN5S/c18-16-13-7-6-11(8-14(13)21-22-16)9-19-23-17-20-15(10-24-17)12-4-2-1-3-5-12/h1-10H,(H,20,23)(H,21,22). The summed E-state index contributed by atoms with van der Waals surface area (Å²) in [6.07, 6.45) is 1.77. The number of hydrazone groups is 1. The van der Waals surface area contributed by atoms with Crippen LogP contribution in [0.5, 0.6) is 0 Å². The molecule has 0 unspecified atom stereocenters. The van der Waals surface area contributed by atoms with Gasteiger partial charge in [0.1, 0.15) is 3.70 Å². The molecule has 24 heavy (non-hydrogen) atoms. The van der Waals surface area contributed by atoms with Crippen molar-refractivity contribution in [2.75, 3.05) is 5.43 Å². The Morgan fingerprint density at radius 3 is 2.92 bits per heavy atom. The molecule has 0 aliphatic carbocycles. The zero-order valence-electron chi connectivity index (χ0n) is 12.4. The maximum Gasteiger partial charge on any atom is 0.203 e. The van der Waals surface area contributed by atoms with Crippen LogP contribution in [0.2, 0.25) is 0 Å². The van der Waals surface area contributed by atoms with Crippen LogP contribution >= 0.6 is 33.9 Å². The second kappa shape index (κ2) is 6.70. The van der Waals surface area contributed by atoms with Crippen LogP contribution in [0.25, 0.3) is 22.2 Å². The van der Waals surface area contributed by atoms with Crippen molar-refractivity contribution in [3.8, 4) is 11.3 Å². The molecule has 0 spiro atoms. The van der Waals surface area contributed by atoms with Crippen LogP contribution in [0, 0.1) is 3.70 Å². The van der Waals surface area contributed by atoms with Crippen LogP contribution in [-0.4, -0.2) is 21.4 Å². The van der Waals surface area contributed by atoms with Crippen molar-refractivity contribution in [2.45, 2.75) is 0 Å². The summed E-state index contributed by atoms with van der Waals surface area (Å²) in [4.78, 5) is 4.54. The molecule has 2 N–H and O–H groups in total. The predicted molar refractivity (Wildman–Crippen MR) is 108 cm³/mol. The highest BCUT2D eigenvalue weighted by Crippen LogP contribution is 2.24. The average molecular weight is 445 g/mol. The van der Waals surface area contributed by atoms with E-state index in [0.29, 0.717) is 0 Å². The Hall–Kier alpha value is -2.26. The van der Waals surface area contributed by atoms with Crippen molar-refractivity contribution in [3.05, 3.63) is 63.2 Å². The second-order valence-corrected chi connectivity index (χ2v) is 7.02. The lowest BCUT2D eigenvalue weighted by atomic mass is 10.2. The Labute approximate surface area is 156 Å². The SMILES string of the molecule is Ic1[nH]nc2cc(C=NNc3nc(-c4ccccc4)cs3)ccc12. The Balaban J connectivity index is 1.47. The fourth-order valence-electron chi connectivity index (χ4n) is 2.31. The Morgan fingerprint density at radius 1 is 1.17 bits per heavy atom. The van der Waals surface area contributed by atoms with Crippen molar-refractivity contribution in [1.29, 1.82) is 0 Å². The topological polar surface area (TPSA) is 66.0 Å². The van der Waals surface area contributed by atoms with E-state index in [1.165, 1.54) is 11.3 Å². The maximum absolute atomic E-state index is 4.54. The molecule has 5 nitrogen and oxygen atoms in total. The van der Waals surface area contributed by atoms with Gasteiger partial charge in [0.05, 0.1) is 17.4 Å². The average Bonchev–Trinajstić information content (AvgIpc) is 3.23. The minimum Gasteiger partial charge on any atom is -0.271 e. The number of fused-ring (bicyclic) bond motifs is 1. The van der Waals surface area contributed by atoms with Gasteiger partial charge < -0.3 is 0 Å². The highest BCUT2D eigenvalue weighted by Gasteiger charge is 2.04. The van der Waals surface area contributed by atoms with Gasteiger partial charge in [0.25, 0.3) is 0 Å². The zero-order chi connectivity index (χ0) is 16.4. The fourth-order valence-corrected chi connectivity index (χ4v) is 3.55. The summed E-state index contributed by atoms with van der Waals surface area (Å²) in [5, 5.41) is 15.4. The van der Waals surface area contributed by atoms with E-state index < -0.39 is 0 Å². The normalized spacial score (nSPS) is 11.4. The third-order valence-corrected chi connectivity index (χ3v) is 5.05. The number of anilines is 1. The number of hydrogen-bond acceptors (Lipinski definition) is 5. The molecule has 0 amide bonds. The van der Waals surface area contributed by atoms with E-state index in [0.717, 1.165) is 36.6 Å². The number of nitrogens with one attached hydrogen (secondary N) is 2. The molecule has 0 radical (unpaired) electrons. The lowest BCUT2D eigenvalue weighted by Crippen LogP contribution is -1.90. The molecule has 0 saturated carbocycles. The van der Waals surface area contributed by atoms with E-state index in [1.807, 2.05) is 53.9 Å². The van der Waals surface area contributed by atoms with E-state index in [9.17, 15) is 0 Å². The van der Waals surface area contributed by atoms with E-state index in [-0.39, 0.29) is 0 Å². The first-order chi connectivity index (χ1) is 11.8. The van der Waals surface area contributed by atoms with Gasteiger partial charge in [0.2, 0.25) is 5.13 Å². The first-order valence-corrected chi connectivity index (χ1v) is 9.19. The predicted octanol–water partition coefficient (Wildman–Crippen LogP) is 4.74. The van der Waals surface area contributed by atoms with Crippen molar-refractivity contribution < 1.29 is 0 Å². The highest BCUT2D eigenvalue weighted by molar-refractivity contribution is 14.1. The third-order valence-electron chi connectivity index (χ3n) is 3.48. The smallest absolute Gasteiger partial charge is 0.203 e. The van der Waals surface area contributed by atoms with Gasteiger partial charge in [-0.15, -0.1) is 11.3 Å². The van der Waals surface area contributed by atoms with Gasteiger partial charge in [-0.25, -0.2) is 4.98 Å². The molecule has 7 heteroatoms. The molecular formula is C17H12IN5S. The van der Waals surface area contributed by atoms with Crippen molar-refractivity contribution in [2.24, 2.45) is 5.10 Å². The molecule has 0 aliphatic heterocycles. The molecule has 0 fully saturated rings. The van der Waals surface area contributed by atoms with E-state index in [1.54, 1.807) is 6.21 Å². The molecule has 4 rings (SSSR count). The number of hydrogen-bond donors (Lipinski definition) is 2. The quantitative estimate of drug-likeness (QED) is 0.271. The molecule has 118 valence electrons. The second-order valence-electron chi connectivity index (χ2n) is 5.09. The van der Waals surface area contributed by atoms with Crippen molar-refractivity contribution in [3.63, 3.8) is 0 Å². The first kappa shape index (κ1) is 15.3. The fraction of sp³-hybridized carbons (Fsp3) is 0. The van der Waals surface area contributed by atoms with Crippen LogP contribution in [0.1, 0.15) is 5.56 Å². The van der Waals surface area contributed by atoms with Crippen molar-refractivity contribution >= 4 is 56.2 Å². The molecular weight excluding hydrogens is 433 g/mol. The van der Waals surface area contributed by atoms with E-state index >= 15 is 0 Å². The van der Waals surface area contributed by atoms with Crippen LogP contribution in [-0.2, 0) is 0 Å². The third kappa shape index (κ3) is 3.17. The Bertz CT molecular complexity index is 1010. The lowest BCUT2D eigenvalue weighted by Gasteiger charge is -1.96. The van der Waals surface area contributed by atoms with Gasteiger partial charge in [-0.05, 0) is 40.3 Å². The van der Waals surface area contributed by atoms with Gasteiger partial charge in [-0.3, -0.25) is 10.5 Å². The molecule has 4 aromatic rings. The molecule has 2 aromatic carbocycles. The number of rotatable bonds is 4. The summed E-state index contributed by atoms with van der Waals surface area (Å²) in [5.74, 6) is 0. The maximum atomic E-state index is 4.54. The van der Waals surface area contributed by atoms with E-state index in [4.69, 9.17) is 0 Å². The van der Waals surface area contributed by atoms with Crippen molar-refractivity contribution in [1.82, 2.24) is 15.2 Å². The number of thiazole rings is 1. The number of nitrogens with zero attached hydrogens (tertiary/aromatic N) is 3. The molecule has 0 aliphatic rings. The molecule has 0 atom stereocenters. The number of H-pyrrole nitrogens is 1. The van der Waals surface area contributed by atoms with Gasteiger partial charge >= 0.3 is 0 Å². The number of aromatic amines is 1. The summed E-state index contributed by atoms with van der Waals surface area (Å²) in [7, 11) is 0. The minimum atomic E-state index is 0.764. The molecule has 2 aromatic heterocycles. The number of aromatic nitrogens is 3. The summed E-state index contributed by atoms with van der Waals surface area (Å²) in [5.41, 5.74) is 6.95. The lowest BCUT2D eigenvalue weighted by molar-refractivity contribution is 1.09. The molecule has 0 saturated heterocycles. The summed E-state index contributed by atoms with van der Waals surface area (Å²) in [6, 6.07) is 16.2. The molecule has 2 heterocycles. The Morgan fingerprint density at radius 2 is 2.04 bits per heavy atom. The largest absolute Gasteiger partial charge is 0.271 e. The van der Waals surface area contributed by atoms with Gasteiger partial charge in [0, 0.05) is 16.3 Å². The summed E-state index contributed by atoms with van der Waals surface area (Å²) >= 11 is 3.77. The number of benzene rings is 2. The minimum absolute atomic E-state index is 0.764. The van der Waals surface area contributed by atoms with Gasteiger partial charge in [-0.2, -0.15) is 10.2 Å². The Kier molecular flexibility index (Phi) is 4.26. The van der Waals surface area contributed by atoms with Crippen LogP contribution < -0.4 is 5.43 Å². The monoisotopic (exact) mass is 445 g/mol. The van der Waals surface area contributed by atoms with Gasteiger partial charge in [0.15, 0.2) is 0 Å². The van der Waals surface area contributed by atoms with Crippen LogP contribution in [0.15, 0.2) is 59.0 Å². The summed E-state index contributed by atoms with van der Waals surface area (Å²) < 4.78 is 1.04. The van der Waals surface area contributed by atoms with Crippen LogP contribution in [0.3, 0.4) is 0 Å². The van der Waals surface area contributed by atoms with Gasteiger partial charge in [-0.1, -0.05) is 36.4 Å². The first-order valence-electron chi connectivity index (χ1n) is 7.23. The van der Waals surface area contributed by atoms with E-state index in [2.05, 4.69) is 48.3 Å². The molecule has 0 bridgehead atoms. The highest BCUT2D eigenvalue weighted by atomic mass is 127. The zero-order valence-corrected chi connectivity index (χ0v) is 15.4.